The van der Waals surface area contributed by atoms with Gasteiger partial charge in [-0.2, -0.15) is 0 Å². The van der Waals surface area contributed by atoms with Crippen LogP contribution in [0.4, 0.5) is 0 Å². The predicted molar refractivity (Wildman–Crippen MR) is 63.1 cm³/mol. The van der Waals surface area contributed by atoms with Gasteiger partial charge in [0.05, 0.1) is 6.10 Å². The molecule has 0 saturated heterocycles. The maximum atomic E-state index is 10.3. The molecule has 0 aliphatic carbocycles. The largest absolute Gasteiger partial charge is 1.00 e. The van der Waals surface area contributed by atoms with Crippen LogP contribution in [0.15, 0.2) is 42.5 Å². The van der Waals surface area contributed by atoms with Gasteiger partial charge in [-0.1, -0.05) is 36.4 Å². The maximum Gasteiger partial charge on any atom is 1.00 e. The quantitative estimate of drug-likeness (QED) is 0.667. The van der Waals surface area contributed by atoms with Crippen molar-refractivity contribution in [3.05, 3.63) is 48.0 Å². The summed E-state index contributed by atoms with van der Waals surface area (Å²) in [7, 11) is 0. The number of fused-ring (bicyclic) bond motifs is 1. The number of aliphatic hydroxyl groups is 1. The first-order chi connectivity index (χ1) is 8.16. The summed E-state index contributed by atoms with van der Waals surface area (Å²) in [5.74, 6) is -1.13. The minimum atomic E-state index is -1.13. The molecule has 3 nitrogen and oxygen atoms in total. The van der Waals surface area contributed by atoms with E-state index in [1.807, 2.05) is 42.5 Å². The number of aliphatic carboxylic acids is 1. The molecule has 0 bridgehead atoms. The molecule has 2 rings (SSSR count). The van der Waals surface area contributed by atoms with Crippen molar-refractivity contribution in [1.82, 2.24) is 0 Å². The second kappa shape index (κ2) is 6.90. The zero-order chi connectivity index (χ0) is 12.3. The number of carboxylic acid groups (broad SMARTS) is 1. The zero-order valence-corrected chi connectivity index (χ0v) is 12.3. The van der Waals surface area contributed by atoms with Crippen molar-refractivity contribution in [1.29, 1.82) is 0 Å². The van der Waals surface area contributed by atoms with Gasteiger partial charge in [-0.05, 0) is 35.2 Å². The van der Waals surface area contributed by atoms with Crippen LogP contribution in [0.1, 0.15) is 24.5 Å². The van der Waals surface area contributed by atoms with Gasteiger partial charge in [-0.3, -0.25) is 0 Å². The van der Waals surface area contributed by atoms with Gasteiger partial charge in [0.2, 0.25) is 0 Å². The van der Waals surface area contributed by atoms with Crippen molar-refractivity contribution < 1.29 is 44.6 Å². The Morgan fingerprint density at radius 3 is 2.50 bits per heavy atom. The Morgan fingerprint density at radius 1 is 1.17 bits per heavy atom. The Bertz CT molecular complexity index is 539. The number of benzene rings is 2. The normalized spacial score (nSPS) is 11.8. The summed E-state index contributed by atoms with van der Waals surface area (Å²) in [5.41, 5.74) is 0.741. The molecular weight excluding hydrogens is 239 g/mol. The second-order valence-electron chi connectivity index (χ2n) is 4.03. The Labute approximate surface area is 128 Å². The van der Waals surface area contributed by atoms with E-state index in [1.165, 1.54) is 0 Å². The van der Waals surface area contributed by atoms with E-state index in [-0.39, 0.29) is 42.4 Å². The third kappa shape index (κ3) is 3.82. The molecular formula is C14H13NaO3. The van der Waals surface area contributed by atoms with E-state index in [2.05, 4.69) is 0 Å². The molecule has 0 aliphatic rings. The monoisotopic (exact) mass is 252 g/mol. The molecule has 0 aromatic heterocycles. The van der Waals surface area contributed by atoms with E-state index in [0.29, 0.717) is 0 Å². The average molecular weight is 252 g/mol. The minimum Gasteiger partial charge on any atom is -0.550 e. The first-order valence-corrected chi connectivity index (χ1v) is 5.53. The fraction of sp³-hybridized carbons (Fsp3) is 0.214. The van der Waals surface area contributed by atoms with Crippen LogP contribution in [0.3, 0.4) is 0 Å². The molecule has 1 N–H and O–H groups in total. The van der Waals surface area contributed by atoms with Crippen molar-refractivity contribution in [2.45, 2.75) is 18.9 Å². The number of carbonyl (C=O) groups is 1. The first-order valence-electron chi connectivity index (χ1n) is 5.53. The van der Waals surface area contributed by atoms with Crippen molar-refractivity contribution in [3.63, 3.8) is 0 Å². The summed E-state index contributed by atoms with van der Waals surface area (Å²) in [4.78, 5) is 10.3. The van der Waals surface area contributed by atoms with Crippen molar-refractivity contribution in [3.8, 4) is 0 Å². The van der Waals surface area contributed by atoms with E-state index >= 15 is 0 Å². The van der Waals surface area contributed by atoms with Crippen LogP contribution >= 0.6 is 0 Å². The molecule has 0 radical (unpaired) electrons. The van der Waals surface area contributed by atoms with Crippen molar-refractivity contribution in [2.75, 3.05) is 0 Å². The number of rotatable bonds is 4. The summed E-state index contributed by atoms with van der Waals surface area (Å²) in [6.07, 6.45) is -0.702. The molecule has 4 heteroatoms. The van der Waals surface area contributed by atoms with E-state index in [9.17, 15) is 15.0 Å². The molecule has 0 fully saturated rings. The van der Waals surface area contributed by atoms with Crippen LogP contribution in [0.5, 0.6) is 0 Å². The Balaban J connectivity index is 0.00000162. The fourth-order valence-corrected chi connectivity index (χ4v) is 1.84. The molecule has 88 valence electrons. The Kier molecular flexibility index (Phi) is 5.82. The van der Waals surface area contributed by atoms with Gasteiger partial charge >= 0.3 is 29.6 Å². The molecule has 0 amide bonds. The van der Waals surface area contributed by atoms with Gasteiger partial charge in [-0.15, -0.1) is 0 Å². The van der Waals surface area contributed by atoms with Gasteiger partial charge in [0.15, 0.2) is 0 Å². The molecule has 1 unspecified atom stereocenters. The number of carboxylic acids is 1. The van der Waals surface area contributed by atoms with Crippen molar-refractivity contribution >= 4 is 16.7 Å². The van der Waals surface area contributed by atoms with E-state index in [1.54, 1.807) is 0 Å². The standard InChI is InChI=1S/C14H14O3.Na/c15-13(7-8-14(16)17)12-6-5-10-3-1-2-4-11(10)9-12;/h1-6,9,13,15H,7-8H2,(H,16,17);/q;+1/p-1. The Hall–Kier alpha value is -0.870. The van der Waals surface area contributed by atoms with Crippen LogP contribution in [-0.4, -0.2) is 11.1 Å². The fourth-order valence-electron chi connectivity index (χ4n) is 1.84. The van der Waals surface area contributed by atoms with Gasteiger partial charge in [0.25, 0.3) is 0 Å². The summed E-state index contributed by atoms with van der Waals surface area (Å²) in [6.45, 7) is 0. The van der Waals surface area contributed by atoms with E-state index in [0.717, 1.165) is 16.3 Å². The number of hydrogen-bond acceptors (Lipinski definition) is 3. The topological polar surface area (TPSA) is 60.4 Å². The third-order valence-corrected chi connectivity index (χ3v) is 2.78. The molecule has 2 aromatic carbocycles. The zero-order valence-electron chi connectivity index (χ0n) is 10.3. The SMILES string of the molecule is O=C([O-])CCC(O)c1ccc2ccccc2c1.[Na+]. The number of hydrogen-bond donors (Lipinski definition) is 1. The van der Waals surface area contributed by atoms with Crippen LogP contribution in [-0.2, 0) is 4.79 Å². The van der Waals surface area contributed by atoms with Crippen LogP contribution < -0.4 is 34.7 Å². The third-order valence-electron chi connectivity index (χ3n) is 2.78. The van der Waals surface area contributed by atoms with Gasteiger partial charge < -0.3 is 15.0 Å². The van der Waals surface area contributed by atoms with E-state index in [4.69, 9.17) is 0 Å². The molecule has 0 aliphatic heterocycles. The van der Waals surface area contributed by atoms with Gasteiger partial charge in [0.1, 0.15) is 0 Å². The first kappa shape index (κ1) is 15.2. The molecule has 1 atom stereocenters. The molecule has 0 saturated carbocycles. The molecule has 2 aromatic rings. The Morgan fingerprint density at radius 2 is 1.83 bits per heavy atom. The van der Waals surface area contributed by atoms with Crippen LogP contribution in [0.25, 0.3) is 10.8 Å². The summed E-state index contributed by atoms with van der Waals surface area (Å²) < 4.78 is 0. The maximum absolute atomic E-state index is 10.3. The number of aliphatic hydroxyl groups excluding tert-OH is 1. The van der Waals surface area contributed by atoms with E-state index < -0.39 is 12.1 Å². The smallest absolute Gasteiger partial charge is 0.550 e. The summed E-state index contributed by atoms with van der Waals surface area (Å²) in [6, 6.07) is 13.5. The second-order valence-corrected chi connectivity index (χ2v) is 4.03. The van der Waals surface area contributed by atoms with Crippen LogP contribution in [0.2, 0.25) is 0 Å². The van der Waals surface area contributed by atoms with Gasteiger partial charge in [0, 0.05) is 5.97 Å². The summed E-state index contributed by atoms with van der Waals surface area (Å²) >= 11 is 0. The molecule has 0 heterocycles. The van der Waals surface area contributed by atoms with Gasteiger partial charge in [-0.25, -0.2) is 0 Å². The predicted octanol–water partition coefficient (Wildman–Crippen LogP) is -1.59. The van der Waals surface area contributed by atoms with Crippen LogP contribution in [0, 0.1) is 0 Å². The number of carbonyl (C=O) groups excluding carboxylic acids is 1. The summed E-state index contributed by atoms with van der Waals surface area (Å²) in [5, 5.41) is 22.3. The minimum absolute atomic E-state index is 0. The average Bonchev–Trinajstić information content (AvgIpc) is 2.35. The molecule has 0 spiro atoms. The molecule has 18 heavy (non-hydrogen) atoms. The van der Waals surface area contributed by atoms with Crippen molar-refractivity contribution in [2.24, 2.45) is 0 Å².